The summed E-state index contributed by atoms with van der Waals surface area (Å²) in [6, 6.07) is 3.36. The second kappa shape index (κ2) is 6.27. The van der Waals surface area contributed by atoms with Gasteiger partial charge in [-0.15, -0.1) is 0 Å². The van der Waals surface area contributed by atoms with E-state index in [1.165, 1.54) is 12.8 Å². The van der Waals surface area contributed by atoms with Gasteiger partial charge in [0, 0.05) is 11.6 Å². The van der Waals surface area contributed by atoms with Gasteiger partial charge in [0.1, 0.15) is 5.75 Å². The normalized spacial score (nSPS) is 17.1. The van der Waals surface area contributed by atoms with Gasteiger partial charge in [0.25, 0.3) is 0 Å². The molecule has 1 atom stereocenters. The molecule has 1 aliphatic carbocycles. The second-order valence-corrected chi connectivity index (χ2v) is 5.65. The van der Waals surface area contributed by atoms with E-state index in [-0.39, 0.29) is 12.5 Å². The Bertz CT molecular complexity index is 493. The van der Waals surface area contributed by atoms with E-state index in [1.54, 1.807) is 0 Å². The minimum atomic E-state index is -0.887. The Morgan fingerprint density at radius 1 is 1.40 bits per heavy atom. The molecule has 0 bridgehead atoms. The molecule has 1 fully saturated rings. The van der Waals surface area contributed by atoms with Crippen LogP contribution in [0.2, 0.25) is 0 Å². The van der Waals surface area contributed by atoms with Crippen LogP contribution in [0, 0.1) is 13.8 Å². The van der Waals surface area contributed by atoms with Crippen LogP contribution < -0.4 is 10.5 Å². The SMILES string of the molecule is Cc1ccc(C(N)CC(=O)O)c(OC2CCCC2)c1C. The number of ether oxygens (including phenoxy) is 1. The monoisotopic (exact) mass is 277 g/mol. The van der Waals surface area contributed by atoms with Crippen LogP contribution in [0.4, 0.5) is 0 Å². The number of benzene rings is 1. The van der Waals surface area contributed by atoms with Crippen molar-refractivity contribution in [3.63, 3.8) is 0 Å². The maximum atomic E-state index is 10.9. The average Bonchev–Trinajstić information content (AvgIpc) is 2.87. The maximum Gasteiger partial charge on any atom is 0.305 e. The lowest BCUT2D eigenvalue weighted by Crippen LogP contribution is -2.19. The molecule has 0 radical (unpaired) electrons. The first kappa shape index (κ1) is 14.9. The van der Waals surface area contributed by atoms with Crippen molar-refractivity contribution in [2.75, 3.05) is 0 Å². The summed E-state index contributed by atoms with van der Waals surface area (Å²) in [5, 5.41) is 8.92. The fourth-order valence-electron chi connectivity index (χ4n) is 2.73. The second-order valence-electron chi connectivity index (χ2n) is 5.65. The van der Waals surface area contributed by atoms with Gasteiger partial charge in [-0.2, -0.15) is 0 Å². The number of rotatable bonds is 5. The Labute approximate surface area is 119 Å². The van der Waals surface area contributed by atoms with E-state index in [0.29, 0.717) is 0 Å². The molecule has 0 aliphatic heterocycles. The Hall–Kier alpha value is -1.55. The van der Waals surface area contributed by atoms with Crippen LogP contribution in [0.15, 0.2) is 12.1 Å². The third-order valence-corrected chi connectivity index (χ3v) is 4.09. The first-order valence-electron chi connectivity index (χ1n) is 7.23. The number of carbonyl (C=O) groups is 1. The summed E-state index contributed by atoms with van der Waals surface area (Å²) < 4.78 is 6.15. The third-order valence-electron chi connectivity index (χ3n) is 4.09. The van der Waals surface area contributed by atoms with E-state index < -0.39 is 12.0 Å². The topological polar surface area (TPSA) is 72.6 Å². The van der Waals surface area contributed by atoms with Crippen LogP contribution in [0.1, 0.15) is 54.8 Å². The van der Waals surface area contributed by atoms with Crippen molar-refractivity contribution in [3.8, 4) is 5.75 Å². The predicted molar refractivity (Wildman–Crippen MR) is 78.0 cm³/mol. The fraction of sp³-hybridized carbons (Fsp3) is 0.562. The van der Waals surface area contributed by atoms with Crippen molar-refractivity contribution in [2.45, 2.75) is 58.1 Å². The van der Waals surface area contributed by atoms with Crippen molar-refractivity contribution in [1.82, 2.24) is 0 Å². The number of hydrogen-bond acceptors (Lipinski definition) is 3. The molecule has 0 spiro atoms. The maximum absolute atomic E-state index is 10.9. The molecule has 3 N–H and O–H groups in total. The Balaban J connectivity index is 2.29. The number of carboxylic acid groups (broad SMARTS) is 1. The van der Waals surface area contributed by atoms with Crippen molar-refractivity contribution in [1.29, 1.82) is 0 Å². The van der Waals surface area contributed by atoms with Gasteiger partial charge < -0.3 is 15.6 Å². The molecule has 0 aromatic heterocycles. The number of carboxylic acids is 1. The quantitative estimate of drug-likeness (QED) is 0.867. The molecule has 1 aromatic rings. The van der Waals surface area contributed by atoms with Gasteiger partial charge in [-0.3, -0.25) is 4.79 Å². The summed E-state index contributed by atoms with van der Waals surface area (Å²) in [5.41, 5.74) is 9.04. The van der Waals surface area contributed by atoms with Crippen molar-refractivity contribution >= 4 is 5.97 Å². The highest BCUT2D eigenvalue weighted by atomic mass is 16.5. The molecule has 0 heterocycles. The van der Waals surface area contributed by atoms with Crippen LogP contribution >= 0.6 is 0 Å². The van der Waals surface area contributed by atoms with Gasteiger partial charge in [0.2, 0.25) is 0 Å². The molecule has 0 saturated heterocycles. The van der Waals surface area contributed by atoms with Gasteiger partial charge >= 0.3 is 5.97 Å². The molecule has 1 aromatic carbocycles. The third kappa shape index (κ3) is 3.31. The largest absolute Gasteiger partial charge is 0.490 e. The standard InChI is InChI=1S/C16H23NO3/c1-10-7-8-13(14(17)9-15(18)19)16(11(10)2)20-12-5-3-4-6-12/h7-8,12,14H,3-6,9,17H2,1-2H3,(H,18,19). The Kier molecular flexibility index (Phi) is 4.65. The Morgan fingerprint density at radius 2 is 2.05 bits per heavy atom. The molecule has 110 valence electrons. The van der Waals surface area contributed by atoms with Crippen LogP contribution in [0.3, 0.4) is 0 Å². The van der Waals surface area contributed by atoms with Crippen molar-refractivity contribution < 1.29 is 14.6 Å². The summed E-state index contributed by atoms with van der Waals surface area (Å²) in [7, 11) is 0. The van der Waals surface area contributed by atoms with Crippen LogP contribution in [-0.4, -0.2) is 17.2 Å². The van der Waals surface area contributed by atoms with Crippen molar-refractivity contribution in [2.24, 2.45) is 5.73 Å². The van der Waals surface area contributed by atoms with E-state index in [2.05, 4.69) is 0 Å². The van der Waals surface area contributed by atoms with Crippen molar-refractivity contribution in [3.05, 3.63) is 28.8 Å². The van der Waals surface area contributed by atoms with E-state index >= 15 is 0 Å². The van der Waals surface area contributed by atoms with E-state index in [0.717, 1.165) is 35.3 Å². The lowest BCUT2D eigenvalue weighted by Gasteiger charge is -2.22. The summed E-state index contributed by atoms with van der Waals surface area (Å²) in [4.78, 5) is 10.9. The molecule has 20 heavy (non-hydrogen) atoms. The lowest BCUT2D eigenvalue weighted by atomic mass is 9.97. The average molecular weight is 277 g/mol. The minimum Gasteiger partial charge on any atom is -0.490 e. The minimum absolute atomic E-state index is 0.0798. The molecular weight excluding hydrogens is 254 g/mol. The number of nitrogens with two attached hydrogens (primary N) is 1. The molecule has 1 saturated carbocycles. The number of hydrogen-bond donors (Lipinski definition) is 2. The molecule has 1 unspecified atom stereocenters. The van der Waals surface area contributed by atoms with Crippen LogP contribution in [-0.2, 0) is 4.79 Å². The summed E-state index contributed by atoms with van der Waals surface area (Å²) in [6.07, 6.45) is 4.70. The van der Waals surface area contributed by atoms with Gasteiger partial charge in [-0.05, 0) is 50.7 Å². The zero-order valence-corrected chi connectivity index (χ0v) is 12.2. The zero-order chi connectivity index (χ0) is 14.7. The summed E-state index contributed by atoms with van der Waals surface area (Å²) in [6.45, 7) is 4.04. The Morgan fingerprint density at radius 3 is 2.65 bits per heavy atom. The highest BCUT2D eigenvalue weighted by Crippen LogP contribution is 2.34. The summed E-state index contributed by atoms with van der Waals surface area (Å²) >= 11 is 0. The molecule has 1 aliphatic rings. The van der Waals surface area contributed by atoms with Gasteiger partial charge in [0.15, 0.2) is 0 Å². The molecular formula is C16H23NO3. The molecule has 2 rings (SSSR count). The van der Waals surface area contributed by atoms with E-state index in [9.17, 15) is 4.79 Å². The van der Waals surface area contributed by atoms with E-state index in [4.69, 9.17) is 15.6 Å². The lowest BCUT2D eigenvalue weighted by molar-refractivity contribution is -0.137. The number of aryl methyl sites for hydroxylation is 1. The first-order valence-corrected chi connectivity index (χ1v) is 7.23. The highest BCUT2D eigenvalue weighted by molar-refractivity contribution is 5.68. The van der Waals surface area contributed by atoms with Crippen LogP contribution in [0.5, 0.6) is 5.75 Å². The van der Waals surface area contributed by atoms with Crippen LogP contribution in [0.25, 0.3) is 0 Å². The highest BCUT2D eigenvalue weighted by Gasteiger charge is 2.22. The first-order chi connectivity index (χ1) is 9.49. The molecule has 0 amide bonds. The van der Waals surface area contributed by atoms with Gasteiger partial charge in [-0.1, -0.05) is 12.1 Å². The summed E-state index contributed by atoms with van der Waals surface area (Å²) in [5.74, 6) is -0.0896. The molecule has 4 heteroatoms. The van der Waals surface area contributed by atoms with Gasteiger partial charge in [-0.25, -0.2) is 0 Å². The van der Waals surface area contributed by atoms with E-state index in [1.807, 2.05) is 26.0 Å². The van der Waals surface area contributed by atoms with Gasteiger partial charge in [0.05, 0.1) is 12.5 Å². The fourth-order valence-corrected chi connectivity index (χ4v) is 2.73. The zero-order valence-electron chi connectivity index (χ0n) is 12.2. The molecule has 4 nitrogen and oxygen atoms in total. The smallest absolute Gasteiger partial charge is 0.305 e. The predicted octanol–water partition coefficient (Wildman–Crippen LogP) is 3.10. The number of aliphatic carboxylic acids is 1.